The molecular weight excluding hydrogens is 1330 g/mol. The predicted octanol–water partition coefficient (Wildman–Crippen LogP) is 12.4. The summed E-state index contributed by atoms with van der Waals surface area (Å²) >= 11 is 2.59. The SMILES string of the molecule is C=CCN(C(=O)NCc1ccccc1)N(CC(=O)N[C@@H](Cc1ccc(C)cc1)C(=O)N(Cc1cccc2sc(NC(=O)OC(C)(C)C)nc12)CC(OC)OCC)C(=O)OC(C)(C)C.CCOC(CN(Cc1cccc2sc(NC(=O)OC(C)(C)C)nc12)C(=O)[C@@H](N)Cc1ccc(C)cc1)OC. The maximum Gasteiger partial charge on any atom is 0.429 e. The number of methoxy groups -OCH3 is 2. The van der Waals surface area contributed by atoms with Crippen molar-refractivity contribution in [2.45, 2.75) is 164 Å². The summed E-state index contributed by atoms with van der Waals surface area (Å²) in [5, 5.41) is 13.7. The molecule has 0 aliphatic heterocycles. The summed E-state index contributed by atoms with van der Waals surface area (Å²) in [5.74, 6) is -1.45. The number of fused-ring (bicyclic) bond motifs is 2. The zero-order valence-electron chi connectivity index (χ0n) is 60.6. The monoisotopic (exact) mass is 1430 g/mol. The largest absolute Gasteiger partial charge is 0.444 e. The van der Waals surface area contributed by atoms with Crippen molar-refractivity contribution in [1.82, 2.24) is 40.4 Å². The Kier molecular flexibility index (Phi) is 30.5. The van der Waals surface area contributed by atoms with E-state index >= 15 is 4.79 Å². The standard InChI is InChI=1S/C46H61N7O9S.C28H38N4O5S/c1-11-25-52(42(56)47-27-33-17-14-13-15-18-33)53(44(58)62-46(7,8)9)29-37(54)48-35(26-32-23-21-31(3)22-24-32)40(55)51(30-38(59-10)60-12-2)28-34-19-16-20-36-39(34)49-41(63-36)50-43(57)61-45(4,5)6;1-7-36-23(35-6)17-32(25(33)21(29)15-19-13-11-18(2)12-14-19)16-20-9-8-10-22-24(20)30-26(38-22)31-27(34)37-28(3,4)5/h11,13-24,35,38H,1,12,25-30H2,2-10H3,(H,47,56)(H,48,54)(H,49,50,57);8-14,21,23H,7,15-17,29H2,1-6H3,(H,30,31,34)/t35-,38?;21-,23?/m00/s1. The smallest absolute Gasteiger partial charge is 0.429 e. The number of carbonyl (C=O) groups excluding carboxylic acids is 7. The number of amides is 8. The molecule has 8 amide bonds. The number of aromatic nitrogens is 2. The summed E-state index contributed by atoms with van der Waals surface area (Å²) in [5.41, 5.74) is 11.5. The highest BCUT2D eigenvalue weighted by molar-refractivity contribution is 7.22. The van der Waals surface area contributed by atoms with E-state index in [4.69, 9.17) is 43.9 Å². The van der Waals surface area contributed by atoms with Gasteiger partial charge >= 0.3 is 24.3 Å². The molecule has 6 N–H and O–H groups in total. The van der Waals surface area contributed by atoms with Crippen LogP contribution in [0, 0.1) is 13.8 Å². The lowest BCUT2D eigenvalue weighted by Crippen LogP contribution is -2.58. The molecular formula is C74H99N11O14S2. The van der Waals surface area contributed by atoms with Gasteiger partial charge in [0.25, 0.3) is 0 Å². The van der Waals surface area contributed by atoms with Crippen molar-refractivity contribution < 1.29 is 66.7 Å². The number of benzene rings is 5. The molecule has 27 heteroatoms. The first-order valence-corrected chi connectivity index (χ1v) is 34.9. The van der Waals surface area contributed by atoms with Gasteiger partial charge in [0.05, 0.1) is 46.1 Å². The molecule has 2 heterocycles. The molecule has 0 radical (unpaired) electrons. The molecule has 25 nitrogen and oxygen atoms in total. The molecule has 0 aliphatic rings. The van der Waals surface area contributed by atoms with Crippen LogP contribution < -0.4 is 27.0 Å². The van der Waals surface area contributed by atoms with E-state index in [1.165, 1.54) is 40.8 Å². The lowest BCUT2D eigenvalue weighted by Gasteiger charge is -2.35. The van der Waals surface area contributed by atoms with Crippen LogP contribution in [-0.2, 0) is 80.0 Å². The third-order valence-corrected chi connectivity index (χ3v) is 16.5. The van der Waals surface area contributed by atoms with Crippen LogP contribution in [0.4, 0.5) is 29.4 Å². The molecule has 0 fully saturated rings. The fraction of sp³-hybridized carbons (Fsp3) is 0.446. The van der Waals surface area contributed by atoms with Crippen LogP contribution in [0.5, 0.6) is 0 Å². The Balaban J connectivity index is 0.000000359. The molecule has 546 valence electrons. The van der Waals surface area contributed by atoms with Gasteiger partial charge < -0.3 is 59.3 Å². The van der Waals surface area contributed by atoms with Crippen LogP contribution in [-0.4, -0.2) is 167 Å². The third kappa shape index (κ3) is 26.7. The number of nitrogens with one attached hydrogen (secondary N) is 4. The summed E-state index contributed by atoms with van der Waals surface area (Å²) in [7, 11) is 3.02. The average Bonchev–Trinajstić information content (AvgIpc) is 1.71. The van der Waals surface area contributed by atoms with Gasteiger partial charge in [-0.15, -0.1) is 6.58 Å². The number of hydrogen-bond acceptors (Lipinski definition) is 19. The Morgan fingerprint density at radius 3 is 1.47 bits per heavy atom. The summed E-state index contributed by atoms with van der Waals surface area (Å²) in [6.07, 6.45) is -1.73. The van der Waals surface area contributed by atoms with Gasteiger partial charge in [0.15, 0.2) is 22.8 Å². The van der Waals surface area contributed by atoms with Crippen molar-refractivity contribution in [3.8, 4) is 0 Å². The van der Waals surface area contributed by atoms with Crippen molar-refractivity contribution in [2.24, 2.45) is 5.73 Å². The van der Waals surface area contributed by atoms with Crippen LogP contribution >= 0.6 is 22.7 Å². The first-order valence-electron chi connectivity index (χ1n) is 33.3. The normalized spacial score (nSPS) is 12.7. The molecule has 0 bridgehead atoms. The van der Waals surface area contributed by atoms with Gasteiger partial charge in [-0.05, 0) is 136 Å². The molecule has 2 unspecified atom stereocenters. The predicted molar refractivity (Wildman–Crippen MR) is 393 cm³/mol. The quantitative estimate of drug-likeness (QED) is 0.0126. The number of thiazole rings is 2. The number of nitrogens with two attached hydrogens (primary N) is 1. The van der Waals surface area contributed by atoms with Crippen LogP contribution in [0.3, 0.4) is 0 Å². The average molecular weight is 1430 g/mol. The summed E-state index contributed by atoms with van der Waals surface area (Å²) in [4.78, 5) is 108. The van der Waals surface area contributed by atoms with E-state index in [0.717, 1.165) is 52.8 Å². The number of hydrogen-bond donors (Lipinski definition) is 5. The van der Waals surface area contributed by atoms with Gasteiger partial charge in [0.2, 0.25) is 17.7 Å². The highest BCUT2D eigenvalue weighted by atomic mass is 32.1. The molecule has 0 spiro atoms. The Hall–Kier alpha value is -9.09. The van der Waals surface area contributed by atoms with Crippen molar-refractivity contribution in [2.75, 3.05) is 64.2 Å². The first kappa shape index (κ1) is 80.9. The second-order valence-corrected chi connectivity index (χ2v) is 28.7. The number of carbonyl (C=O) groups is 7. The van der Waals surface area contributed by atoms with Crippen molar-refractivity contribution >= 4 is 95.4 Å². The fourth-order valence-corrected chi connectivity index (χ4v) is 11.9. The lowest BCUT2D eigenvalue weighted by molar-refractivity contribution is -0.154. The van der Waals surface area contributed by atoms with Gasteiger partial charge in [-0.25, -0.2) is 39.2 Å². The number of aryl methyl sites for hydroxylation is 2. The molecule has 0 aliphatic carbocycles. The molecule has 2 aromatic heterocycles. The first-order chi connectivity index (χ1) is 47.8. The van der Waals surface area contributed by atoms with E-state index in [1.54, 1.807) is 74.3 Å². The van der Waals surface area contributed by atoms with Crippen molar-refractivity contribution in [1.29, 1.82) is 0 Å². The number of nitrogens with zero attached hydrogens (tertiary/aromatic N) is 6. The van der Waals surface area contributed by atoms with Crippen LogP contribution in [0.15, 0.2) is 128 Å². The zero-order chi connectivity index (χ0) is 74.2. The van der Waals surface area contributed by atoms with Gasteiger partial charge in [-0.3, -0.25) is 25.0 Å². The Labute approximate surface area is 600 Å². The molecule has 101 heavy (non-hydrogen) atoms. The van der Waals surface area contributed by atoms with E-state index in [0.29, 0.717) is 46.5 Å². The lowest BCUT2D eigenvalue weighted by atomic mass is 10.0. The molecule has 5 aromatic carbocycles. The van der Waals surface area contributed by atoms with E-state index in [2.05, 4.69) is 32.8 Å². The zero-order valence-corrected chi connectivity index (χ0v) is 62.3. The van der Waals surface area contributed by atoms with Gasteiger partial charge in [-0.2, -0.15) is 0 Å². The highest BCUT2D eigenvalue weighted by Gasteiger charge is 2.35. The minimum absolute atomic E-state index is 0.0116. The minimum Gasteiger partial charge on any atom is -0.444 e. The van der Waals surface area contributed by atoms with Crippen LogP contribution in [0.1, 0.15) is 115 Å². The second-order valence-electron chi connectivity index (χ2n) is 26.7. The van der Waals surface area contributed by atoms with Crippen LogP contribution in [0.25, 0.3) is 20.4 Å². The van der Waals surface area contributed by atoms with E-state index in [-0.39, 0.29) is 51.6 Å². The number of anilines is 2. The Morgan fingerprint density at radius 1 is 0.574 bits per heavy atom. The summed E-state index contributed by atoms with van der Waals surface area (Å²) < 4.78 is 40.7. The molecule has 0 saturated carbocycles. The summed E-state index contributed by atoms with van der Waals surface area (Å²) in [6.45, 7) is 27.6. The van der Waals surface area contributed by atoms with Gasteiger partial charge in [0, 0.05) is 53.5 Å². The number of urea groups is 1. The van der Waals surface area contributed by atoms with Crippen molar-refractivity contribution in [3.63, 3.8) is 0 Å². The maximum absolute atomic E-state index is 15.0. The minimum atomic E-state index is -1.18. The topological polar surface area (TPSA) is 297 Å². The maximum atomic E-state index is 15.0. The number of ether oxygens (including phenoxy) is 7. The van der Waals surface area contributed by atoms with Gasteiger partial charge in [0.1, 0.15) is 29.4 Å². The number of hydrazine groups is 1. The molecule has 7 aromatic rings. The third-order valence-electron chi connectivity index (χ3n) is 14.6. The number of para-hydroxylation sites is 2. The number of rotatable bonds is 29. The molecule has 7 rings (SSSR count). The van der Waals surface area contributed by atoms with E-state index in [1.807, 2.05) is 143 Å². The molecule has 4 atom stereocenters. The van der Waals surface area contributed by atoms with Crippen molar-refractivity contribution in [3.05, 3.63) is 167 Å². The van der Waals surface area contributed by atoms with Gasteiger partial charge in [-0.1, -0.05) is 143 Å². The van der Waals surface area contributed by atoms with E-state index in [9.17, 15) is 28.8 Å². The fourth-order valence-electron chi connectivity index (χ4n) is 10.1. The molecule has 0 saturated heterocycles. The Bertz CT molecular complexity index is 3870. The summed E-state index contributed by atoms with van der Waals surface area (Å²) in [6, 6.07) is 33.4. The second kappa shape index (κ2) is 38.1. The van der Waals surface area contributed by atoms with E-state index < -0.39 is 84.1 Å². The van der Waals surface area contributed by atoms with Crippen LogP contribution in [0.2, 0.25) is 0 Å². The highest BCUT2D eigenvalue weighted by Crippen LogP contribution is 2.32. The Morgan fingerprint density at radius 2 is 1.03 bits per heavy atom.